The summed E-state index contributed by atoms with van der Waals surface area (Å²) in [6, 6.07) is 13.0. The number of fused-ring (bicyclic) bond motifs is 3. The maximum atomic E-state index is 2.42. The smallest absolute Gasteiger partial charge is 0.0499 e. The average Bonchev–Trinajstić information content (AvgIpc) is 2.64. The van der Waals surface area contributed by atoms with E-state index in [-0.39, 0.29) is 0 Å². The van der Waals surface area contributed by atoms with Gasteiger partial charge in [0.2, 0.25) is 0 Å². The van der Waals surface area contributed by atoms with Crippen LogP contribution in [0.1, 0.15) is 0 Å². The topological polar surface area (TPSA) is 0 Å². The van der Waals surface area contributed by atoms with E-state index in [0.717, 1.165) is 0 Å². The first-order valence-corrected chi connectivity index (χ1v) is 7.50. The van der Waals surface area contributed by atoms with Crippen molar-refractivity contribution in [2.75, 3.05) is 0 Å². The predicted octanol–water partition coefficient (Wildman–Crippen LogP) is 5.26. The van der Waals surface area contributed by atoms with Gasteiger partial charge in [-0.25, -0.2) is 0 Å². The van der Waals surface area contributed by atoms with Crippen molar-refractivity contribution in [3.63, 3.8) is 0 Å². The molecule has 0 aliphatic rings. The minimum absolute atomic E-state index is 1.35. The monoisotopic (exact) mass is 436 g/mol. The Morgan fingerprint density at radius 3 is 2.47 bits per heavy atom. The normalized spacial score (nSPS) is 11.3. The predicted molar refractivity (Wildman–Crippen MR) is 84.8 cm³/mol. The zero-order valence-electron chi connectivity index (χ0n) is 7.63. The first-order valence-electron chi connectivity index (χ1n) is 4.52. The van der Waals surface area contributed by atoms with Crippen LogP contribution in [-0.2, 0) is 0 Å². The van der Waals surface area contributed by atoms with E-state index in [9.17, 15) is 0 Å². The third kappa shape index (κ3) is 1.59. The van der Waals surface area contributed by atoms with Crippen molar-refractivity contribution < 1.29 is 0 Å². The first-order chi connectivity index (χ1) is 7.27. The number of rotatable bonds is 0. The molecule has 0 unspecified atom stereocenters. The second-order valence-corrected chi connectivity index (χ2v) is 6.71. The molecular formula is C12H6I2S. The van der Waals surface area contributed by atoms with Crippen molar-refractivity contribution >= 4 is 76.7 Å². The summed E-state index contributed by atoms with van der Waals surface area (Å²) in [5, 5.41) is 2.81. The van der Waals surface area contributed by atoms with Gasteiger partial charge in [-0.1, -0.05) is 18.2 Å². The fraction of sp³-hybridized carbons (Fsp3) is 0. The van der Waals surface area contributed by atoms with Gasteiger partial charge >= 0.3 is 0 Å². The molecule has 0 saturated carbocycles. The van der Waals surface area contributed by atoms with Gasteiger partial charge in [0.1, 0.15) is 0 Å². The van der Waals surface area contributed by atoms with Crippen LogP contribution >= 0.6 is 56.5 Å². The van der Waals surface area contributed by atoms with Crippen LogP contribution in [0.2, 0.25) is 0 Å². The molecule has 0 amide bonds. The molecule has 0 fully saturated rings. The Kier molecular flexibility index (Phi) is 2.64. The van der Waals surface area contributed by atoms with E-state index in [1.165, 1.54) is 27.3 Å². The van der Waals surface area contributed by atoms with Gasteiger partial charge in [0.15, 0.2) is 0 Å². The summed E-state index contributed by atoms with van der Waals surface area (Å²) >= 11 is 6.73. The highest BCUT2D eigenvalue weighted by molar-refractivity contribution is 14.1. The van der Waals surface area contributed by atoms with Gasteiger partial charge in [0.25, 0.3) is 0 Å². The van der Waals surface area contributed by atoms with E-state index < -0.39 is 0 Å². The Hall–Kier alpha value is 0.120. The summed E-state index contributed by atoms with van der Waals surface area (Å²) < 4.78 is 5.50. The quantitative estimate of drug-likeness (QED) is 0.422. The molecule has 0 aliphatic carbocycles. The van der Waals surface area contributed by atoms with Crippen molar-refractivity contribution in [1.82, 2.24) is 0 Å². The van der Waals surface area contributed by atoms with Gasteiger partial charge < -0.3 is 0 Å². The number of thiophene rings is 1. The Bertz CT molecular complexity index is 655. The molecule has 3 aromatic rings. The van der Waals surface area contributed by atoms with E-state index in [2.05, 4.69) is 81.6 Å². The average molecular weight is 436 g/mol. The first kappa shape index (κ1) is 10.3. The van der Waals surface area contributed by atoms with Crippen LogP contribution in [0.3, 0.4) is 0 Å². The third-order valence-corrected chi connectivity index (χ3v) is 5.80. The Balaban J connectivity index is 2.66. The molecular weight excluding hydrogens is 430 g/mol. The van der Waals surface area contributed by atoms with E-state index in [4.69, 9.17) is 0 Å². The standard InChI is InChI=1S/C12H6I2S/c13-8-5-6-9(14)12-11(8)7-3-1-2-4-10(7)15-12/h1-6H. The van der Waals surface area contributed by atoms with Crippen molar-refractivity contribution in [1.29, 1.82) is 0 Å². The molecule has 1 heterocycles. The van der Waals surface area contributed by atoms with Crippen LogP contribution in [0.4, 0.5) is 0 Å². The van der Waals surface area contributed by atoms with Crippen molar-refractivity contribution in [2.45, 2.75) is 0 Å². The molecule has 0 aliphatic heterocycles. The zero-order valence-corrected chi connectivity index (χ0v) is 12.8. The molecule has 0 saturated heterocycles. The van der Waals surface area contributed by atoms with E-state index in [0.29, 0.717) is 0 Å². The van der Waals surface area contributed by atoms with E-state index >= 15 is 0 Å². The Morgan fingerprint density at radius 2 is 1.60 bits per heavy atom. The van der Waals surface area contributed by atoms with Crippen molar-refractivity contribution in [3.05, 3.63) is 43.5 Å². The molecule has 15 heavy (non-hydrogen) atoms. The lowest BCUT2D eigenvalue weighted by Gasteiger charge is -1.97. The number of hydrogen-bond donors (Lipinski definition) is 0. The SMILES string of the molecule is Ic1ccc(I)c2c1sc1ccccc12. The van der Waals surface area contributed by atoms with Gasteiger partial charge in [-0.15, -0.1) is 11.3 Å². The summed E-state index contributed by atoms with van der Waals surface area (Å²) in [7, 11) is 0. The van der Waals surface area contributed by atoms with Crippen LogP contribution in [0.5, 0.6) is 0 Å². The fourth-order valence-electron chi connectivity index (χ4n) is 1.76. The van der Waals surface area contributed by atoms with Crippen LogP contribution in [0.15, 0.2) is 36.4 Å². The molecule has 0 radical (unpaired) electrons. The Morgan fingerprint density at radius 1 is 0.867 bits per heavy atom. The number of hydrogen-bond acceptors (Lipinski definition) is 1. The molecule has 0 bridgehead atoms. The van der Waals surface area contributed by atoms with Crippen molar-refractivity contribution in [3.8, 4) is 0 Å². The summed E-state index contributed by atoms with van der Waals surface area (Å²) in [5.74, 6) is 0. The summed E-state index contributed by atoms with van der Waals surface area (Å²) in [5.41, 5.74) is 0. The molecule has 0 nitrogen and oxygen atoms in total. The van der Waals surface area contributed by atoms with Gasteiger partial charge in [0, 0.05) is 27.3 Å². The molecule has 0 spiro atoms. The highest BCUT2D eigenvalue weighted by Gasteiger charge is 2.09. The highest BCUT2D eigenvalue weighted by Crippen LogP contribution is 2.38. The maximum absolute atomic E-state index is 2.42. The number of halogens is 2. The summed E-state index contributed by atoms with van der Waals surface area (Å²) in [4.78, 5) is 0. The lowest BCUT2D eigenvalue weighted by atomic mass is 10.2. The highest BCUT2D eigenvalue weighted by atomic mass is 127. The Labute approximate surface area is 119 Å². The maximum Gasteiger partial charge on any atom is 0.0499 e. The molecule has 74 valence electrons. The number of benzene rings is 2. The van der Waals surface area contributed by atoms with Crippen LogP contribution < -0.4 is 0 Å². The van der Waals surface area contributed by atoms with Gasteiger partial charge in [0.05, 0.1) is 0 Å². The minimum Gasteiger partial charge on any atom is -0.134 e. The zero-order chi connectivity index (χ0) is 10.4. The second kappa shape index (κ2) is 3.85. The van der Waals surface area contributed by atoms with Gasteiger partial charge in [-0.2, -0.15) is 0 Å². The second-order valence-electron chi connectivity index (χ2n) is 3.33. The minimum atomic E-state index is 1.35. The van der Waals surface area contributed by atoms with Crippen molar-refractivity contribution in [2.24, 2.45) is 0 Å². The largest absolute Gasteiger partial charge is 0.134 e. The van der Waals surface area contributed by atoms with Crippen LogP contribution in [-0.4, -0.2) is 0 Å². The summed E-state index contributed by atoms with van der Waals surface area (Å²) in [6.45, 7) is 0. The lowest BCUT2D eigenvalue weighted by Crippen LogP contribution is -1.76. The summed E-state index contributed by atoms with van der Waals surface area (Å²) in [6.07, 6.45) is 0. The van der Waals surface area contributed by atoms with Crippen LogP contribution in [0.25, 0.3) is 20.2 Å². The van der Waals surface area contributed by atoms with E-state index in [1.54, 1.807) is 0 Å². The lowest BCUT2D eigenvalue weighted by molar-refractivity contribution is 1.74. The fourth-order valence-corrected chi connectivity index (χ4v) is 4.59. The molecule has 0 N–H and O–H groups in total. The van der Waals surface area contributed by atoms with Gasteiger partial charge in [-0.05, 0) is 63.4 Å². The molecule has 1 aromatic heterocycles. The third-order valence-electron chi connectivity index (χ3n) is 2.43. The molecule has 3 heteroatoms. The molecule has 0 atom stereocenters. The van der Waals surface area contributed by atoms with Crippen LogP contribution in [0, 0.1) is 7.14 Å². The molecule has 3 rings (SSSR count). The van der Waals surface area contributed by atoms with Gasteiger partial charge in [-0.3, -0.25) is 0 Å². The molecule has 2 aromatic carbocycles. The van der Waals surface area contributed by atoms with E-state index in [1.807, 2.05) is 11.3 Å².